The van der Waals surface area contributed by atoms with E-state index in [1.54, 1.807) is 0 Å². The number of unbranched alkanes of at least 4 members (excludes halogenated alkanes) is 3. The van der Waals surface area contributed by atoms with Crippen LogP contribution >= 0.6 is 11.8 Å². The van der Waals surface area contributed by atoms with Crippen molar-refractivity contribution in [3.8, 4) is 0 Å². The number of thioether (sulfide) groups is 1. The molecule has 0 radical (unpaired) electrons. The van der Waals surface area contributed by atoms with Gasteiger partial charge in [0.2, 0.25) is 0 Å². The lowest BCUT2D eigenvalue weighted by molar-refractivity contribution is 0.131. The van der Waals surface area contributed by atoms with Crippen LogP contribution in [0.4, 0.5) is 9.59 Å². The number of aromatic nitrogens is 2. The second kappa shape index (κ2) is 11.6. The van der Waals surface area contributed by atoms with Crippen LogP contribution in [0, 0.1) is 0 Å². The van der Waals surface area contributed by atoms with E-state index in [1.165, 1.54) is 32.3 Å². The van der Waals surface area contributed by atoms with Gasteiger partial charge in [-0.3, -0.25) is 0 Å². The highest BCUT2D eigenvalue weighted by Crippen LogP contribution is 2.23. The van der Waals surface area contributed by atoms with Crippen molar-refractivity contribution in [1.82, 2.24) is 20.2 Å². The number of rotatable bonds is 10. The first-order chi connectivity index (χ1) is 12.1. The Bertz CT molecular complexity index is 563. The number of ether oxygens (including phenoxy) is 2. The van der Waals surface area contributed by atoms with Crippen LogP contribution in [0.1, 0.15) is 44.0 Å². The zero-order chi connectivity index (χ0) is 18.7. The summed E-state index contributed by atoms with van der Waals surface area (Å²) in [5, 5.41) is 5.65. The second-order valence-electron chi connectivity index (χ2n) is 5.36. The Morgan fingerprint density at radius 1 is 1.08 bits per heavy atom. The van der Waals surface area contributed by atoms with Crippen molar-refractivity contribution in [2.45, 2.75) is 57.5 Å². The highest BCUT2D eigenvalue weighted by molar-refractivity contribution is 7.98. The number of hydrogen-bond acceptors (Lipinski definition) is 6. The Kier molecular flexibility index (Phi) is 9.83. The molecule has 0 aliphatic rings. The molecule has 0 fully saturated rings. The molecule has 142 valence electrons. The first-order valence-electron chi connectivity index (χ1n) is 8.38. The molecule has 25 heavy (non-hydrogen) atoms. The lowest BCUT2D eigenvalue weighted by atomic mass is 10.2. The number of carbonyl (C=O) groups is 2. The monoisotopic (exact) mass is 372 g/mol. The van der Waals surface area contributed by atoms with E-state index in [9.17, 15) is 9.59 Å². The van der Waals surface area contributed by atoms with Crippen molar-refractivity contribution >= 4 is 23.9 Å². The van der Waals surface area contributed by atoms with E-state index >= 15 is 0 Å². The molecule has 0 bridgehead atoms. The Balaban J connectivity index is 2.96. The number of alkyl carbamates (subject to hydrolysis) is 2. The third-order valence-electron chi connectivity index (χ3n) is 3.63. The van der Waals surface area contributed by atoms with Crippen LogP contribution in [0.2, 0.25) is 0 Å². The van der Waals surface area contributed by atoms with Gasteiger partial charge in [0.05, 0.1) is 5.69 Å². The molecule has 8 nitrogen and oxygen atoms in total. The molecule has 0 aliphatic carbocycles. The van der Waals surface area contributed by atoms with Gasteiger partial charge in [0.1, 0.15) is 18.9 Å². The molecule has 0 aromatic carbocycles. The molecule has 0 unspecified atom stereocenters. The predicted octanol–water partition coefficient (Wildman–Crippen LogP) is 2.90. The fourth-order valence-electron chi connectivity index (χ4n) is 2.28. The average Bonchev–Trinajstić information content (AvgIpc) is 2.97. The van der Waals surface area contributed by atoms with Crippen molar-refractivity contribution < 1.29 is 19.1 Å². The molecular weight excluding hydrogens is 344 g/mol. The lowest BCUT2D eigenvalue weighted by Crippen LogP contribution is -2.21. The van der Waals surface area contributed by atoms with Crippen molar-refractivity contribution in [2.75, 3.05) is 20.4 Å². The van der Waals surface area contributed by atoms with E-state index < -0.39 is 12.2 Å². The molecule has 1 rings (SSSR count). The molecule has 2 N–H and O–H groups in total. The quantitative estimate of drug-likeness (QED) is 0.484. The summed E-state index contributed by atoms with van der Waals surface area (Å²) in [6.45, 7) is 3.06. The maximum atomic E-state index is 11.4. The second-order valence-corrected chi connectivity index (χ2v) is 6.13. The maximum Gasteiger partial charge on any atom is 0.407 e. The van der Waals surface area contributed by atoms with E-state index in [2.05, 4.69) is 22.5 Å². The molecule has 9 heteroatoms. The van der Waals surface area contributed by atoms with Gasteiger partial charge in [0.15, 0.2) is 5.16 Å². The summed E-state index contributed by atoms with van der Waals surface area (Å²) < 4.78 is 12.4. The van der Waals surface area contributed by atoms with Crippen LogP contribution in [0.15, 0.2) is 5.16 Å². The largest absolute Gasteiger partial charge is 0.443 e. The van der Waals surface area contributed by atoms with Crippen LogP contribution in [-0.4, -0.2) is 42.1 Å². The molecule has 1 heterocycles. The summed E-state index contributed by atoms with van der Waals surface area (Å²) in [6, 6.07) is 0. The van der Waals surface area contributed by atoms with E-state index in [1.807, 2.05) is 10.8 Å². The molecule has 1 aromatic heterocycles. The van der Waals surface area contributed by atoms with E-state index in [0.29, 0.717) is 5.69 Å². The minimum Gasteiger partial charge on any atom is -0.443 e. The van der Waals surface area contributed by atoms with E-state index in [0.717, 1.165) is 36.7 Å². The molecule has 1 aromatic rings. The third kappa shape index (κ3) is 6.85. The number of imidazole rings is 1. The maximum absolute atomic E-state index is 11.4. The highest BCUT2D eigenvalue weighted by atomic mass is 32.2. The lowest BCUT2D eigenvalue weighted by Gasteiger charge is -2.12. The molecule has 0 saturated heterocycles. The van der Waals surface area contributed by atoms with Crippen molar-refractivity contribution in [2.24, 2.45) is 0 Å². The van der Waals surface area contributed by atoms with Crippen LogP contribution in [-0.2, 0) is 29.2 Å². The van der Waals surface area contributed by atoms with Gasteiger partial charge in [-0.15, -0.1) is 0 Å². The van der Waals surface area contributed by atoms with Gasteiger partial charge in [0.25, 0.3) is 0 Å². The third-order valence-corrected chi connectivity index (χ3v) is 4.30. The summed E-state index contributed by atoms with van der Waals surface area (Å²) in [5.41, 5.74) is 1.36. The zero-order valence-corrected chi connectivity index (χ0v) is 16.2. The Morgan fingerprint density at radius 3 is 2.28 bits per heavy atom. The van der Waals surface area contributed by atoms with Crippen LogP contribution < -0.4 is 10.6 Å². The summed E-state index contributed by atoms with van der Waals surface area (Å²) in [7, 11) is 3.00. The number of nitrogens with one attached hydrogen (secondary N) is 2. The minimum absolute atomic E-state index is 0.0294. The highest BCUT2D eigenvalue weighted by Gasteiger charge is 2.19. The minimum atomic E-state index is -0.527. The Hall–Kier alpha value is -1.90. The first-order valence-corrected chi connectivity index (χ1v) is 9.61. The average molecular weight is 372 g/mol. The number of amides is 2. The van der Waals surface area contributed by atoms with Crippen LogP contribution in [0.3, 0.4) is 0 Å². The SMILES string of the molecule is CCCCCCn1c(SC)nc(COC(=O)NC)c1COC(=O)NC. The Labute approximate surface area is 153 Å². The molecule has 0 saturated carbocycles. The molecule has 0 spiro atoms. The van der Waals surface area contributed by atoms with E-state index in [-0.39, 0.29) is 13.2 Å². The number of carbonyl (C=O) groups excluding carboxylic acids is 2. The van der Waals surface area contributed by atoms with Gasteiger partial charge in [-0.2, -0.15) is 0 Å². The smallest absolute Gasteiger partial charge is 0.407 e. The fraction of sp³-hybridized carbons (Fsp3) is 0.688. The van der Waals surface area contributed by atoms with Crippen LogP contribution in [0.25, 0.3) is 0 Å². The standard InChI is InChI=1S/C16H28N4O4S/c1-5-6-7-8-9-20-13(11-24-16(22)18-3)12(19-14(20)25-4)10-23-15(21)17-2/h5-11H2,1-4H3,(H,17,21)(H,18,22). The molecule has 0 aliphatic heterocycles. The number of nitrogens with zero attached hydrogens (tertiary/aromatic N) is 2. The van der Waals surface area contributed by atoms with Crippen molar-refractivity contribution in [1.29, 1.82) is 0 Å². The topological polar surface area (TPSA) is 94.5 Å². The van der Waals surface area contributed by atoms with Gasteiger partial charge in [0, 0.05) is 20.6 Å². The molecular formula is C16H28N4O4S. The normalized spacial score (nSPS) is 10.4. The first kappa shape index (κ1) is 21.1. The van der Waals surface area contributed by atoms with E-state index in [4.69, 9.17) is 9.47 Å². The molecule has 2 amide bonds. The van der Waals surface area contributed by atoms with Gasteiger partial charge >= 0.3 is 12.2 Å². The summed E-state index contributed by atoms with van der Waals surface area (Å²) in [5.74, 6) is 0. The molecule has 0 atom stereocenters. The zero-order valence-electron chi connectivity index (χ0n) is 15.4. The van der Waals surface area contributed by atoms with Crippen LogP contribution in [0.5, 0.6) is 0 Å². The summed E-state index contributed by atoms with van der Waals surface area (Å²) in [4.78, 5) is 27.3. The number of hydrogen-bond donors (Lipinski definition) is 2. The van der Waals surface area contributed by atoms with Crippen molar-refractivity contribution in [3.63, 3.8) is 0 Å². The predicted molar refractivity (Wildman–Crippen MR) is 96.6 cm³/mol. The van der Waals surface area contributed by atoms with Gasteiger partial charge < -0.3 is 24.7 Å². The fourth-order valence-corrected chi connectivity index (χ4v) is 2.91. The summed E-state index contributed by atoms with van der Waals surface area (Å²) in [6.07, 6.45) is 5.39. The Morgan fingerprint density at radius 2 is 1.72 bits per heavy atom. The van der Waals surface area contributed by atoms with Gasteiger partial charge in [-0.25, -0.2) is 14.6 Å². The summed E-state index contributed by atoms with van der Waals surface area (Å²) >= 11 is 1.51. The van der Waals surface area contributed by atoms with Gasteiger partial charge in [-0.1, -0.05) is 37.9 Å². The van der Waals surface area contributed by atoms with Crippen molar-refractivity contribution in [3.05, 3.63) is 11.4 Å². The van der Waals surface area contributed by atoms with Gasteiger partial charge in [-0.05, 0) is 12.7 Å².